The normalized spacial score (nSPS) is 12.1. The number of hydrogen-bond donors (Lipinski definition) is 0. The number of rotatable bonds is 6. The Morgan fingerprint density at radius 2 is 0.467 bits per heavy atom. The highest BCUT2D eigenvalue weighted by Crippen LogP contribution is 2.37. The summed E-state index contributed by atoms with van der Waals surface area (Å²) in [6.45, 7) is 0. The zero-order chi connectivity index (χ0) is 30.8. The fourth-order valence-electron chi connectivity index (χ4n) is 5.67. The fourth-order valence-corrected chi connectivity index (χ4v) is 6.05. The molecule has 7 aromatic rings. The van der Waals surface area contributed by atoms with Gasteiger partial charge in [0.15, 0.2) is 0 Å². The molecule has 0 radical (unpaired) electrons. The van der Waals surface area contributed by atoms with Crippen molar-refractivity contribution in [3.8, 4) is 0 Å². The molecule has 0 spiro atoms. The van der Waals surface area contributed by atoms with E-state index < -0.39 is 0 Å². The summed E-state index contributed by atoms with van der Waals surface area (Å²) in [5, 5.41) is 9.57. The van der Waals surface area contributed by atoms with Crippen molar-refractivity contribution in [3.63, 3.8) is 0 Å². The van der Waals surface area contributed by atoms with E-state index >= 15 is 0 Å². The van der Waals surface area contributed by atoms with Gasteiger partial charge in [-0.05, 0) is 120 Å². The quantitative estimate of drug-likeness (QED) is 0.126. The van der Waals surface area contributed by atoms with Gasteiger partial charge in [-0.2, -0.15) is 0 Å². The minimum absolute atomic E-state index is 0.737. The molecule has 0 nitrogen and oxygen atoms in total. The Morgan fingerprint density at radius 1 is 0.244 bits per heavy atom. The Kier molecular flexibility index (Phi) is 8.29. The van der Waals surface area contributed by atoms with Crippen LogP contribution in [-0.2, 0) is 0 Å². The molecule has 0 fully saturated rings. The van der Waals surface area contributed by atoms with Gasteiger partial charge in [-0.15, -0.1) is 0 Å². The third-order valence-corrected chi connectivity index (χ3v) is 8.77. The van der Waals surface area contributed by atoms with Crippen LogP contribution < -0.4 is 0 Å². The summed E-state index contributed by atoms with van der Waals surface area (Å²) in [6, 6.07) is 43.9. The van der Waals surface area contributed by atoms with Gasteiger partial charge in [0.05, 0.1) is 0 Å². The predicted molar refractivity (Wildman–Crippen MR) is 200 cm³/mol. The van der Waals surface area contributed by atoms with Gasteiger partial charge in [0, 0.05) is 15.1 Å². The summed E-state index contributed by atoms with van der Waals surface area (Å²) in [7, 11) is 0. The lowest BCUT2D eigenvalue weighted by molar-refractivity contribution is 1.65. The van der Waals surface area contributed by atoms with E-state index in [-0.39, 0.29) is 0 Å². The number of halogens is 3. The molecular weight excluding hydrogens is 611 g/mol. The van der Waals surface area contributed by atoms with Gasteiger partial charge in [-0.1, -0.05) is 144 Å². The molecule has 0 aromatic heterocycles. The second-order valence-corrected chi connectivity index (χ2v) is 12.4. The SMILES string of the molecule is Clc1ccc(/C=C/c2ccc3c(c2)c2ccc(/C=C/c4ccc(Cl)cc4)cc2c2ccc(/C=C/c4ccc(Cl)cc4)cc32)cc1. The number of fused-ring (bicyclic) bond motifs is 6. The van der Waals surface area contributed by atoms with Crippen LogP contribution in [0.2, 0.25) is 15.1 Å². The molecule has 0 aliphatic carbocycles. The molecule has 0 unspecified atom stereocenters. The van der Waals surface area contributed by atoms with Gasteiger partial charge in [0.2, 0.25) is 0 Å². The molecule has 0 saturated carbocycles. The predicted octanol–water partition coefficient (Wildman–Crippen LogP) is 13.6. The van der Waals surface area contributed by atoms with E-state index in [0.717, 1.165) is 48.4 Å². The molecule has 0 bridgehead atoms. The molecule has 7 rings (SSSR count). The van der Waals surface area contributed by atoms with Gasteiger partial charge in [-0.3, -0.25) is 0 Å². The Bertz CT molecular complexity index is 1960. The first kappa shape index (κ1) is 29.1. The lowest BCUT2D eigenvalue weighted by atomic mass is 9.91. The van der Waals surface area contributed by atoms with Crippen LogP contribution in [0.4, 0.5) is 0 Å². The largest absolute Gasteiger partial charge is 0.0843 e. The number of hydrogen-bond acceptors (Lipinski definition) is 0. The molecular formula is C42H27Cl3. The maximum atomic E-state index is 6.09. The summed E-state index contributed by atoms with van der Waals surface area (Å²) in [6.07, 6.45) is 12.9. The molecule has 45 heavy (non-hydrogen) atoms. The summed E-state index contributed by atoms with van der Waals surface area (Å²) >= 11 is 18.3. The maximum Gasteiger partial charge on any atom is 0.0406 e. The van der Waals surface area contributed by atoms with Crippen LogP contribution in [0.25, 0.3) is 68.8 Å². The molecule has 0 aliphatic heterocycles. The van der Waals surface area contributed by atoms with Crippen molar-refractivity contribution < 1.29 is 0 Å². The first-order valence-corrected chi connectivity index (χ1v) is 15.9. The van der Waals surface area contributed by atoms with E-state index in [0.29, 0.717) is 0 Å². The van der Waals surface area contributed by atoms with E-state index in [1.54, 1.807) is 0 Å². The van der Waals surface area contributed by atoms with Crippen LogP contribution in [0.5, 0.6) is 0 Å². The highest BCUT2D eigenvalue weighted by atomic mass is 35.5. The zero-order valence-electron chi connectivity index (χ0n) is 24.2. The van der Waals surface area contributed by atoms with Crippen molar-refractivity contribution in [1.29, 1.82) is 0 Å². The van der Waals surface area contributed by atoms with Crippen molar-refractivity contribution in [2.24, 2.45) is 0 Å². The Hall–Kier alpha value is -4.59. The van der Waals surface area contributed by atoms with Crippen molar-refractivity contribution in [2.45, 2.75) is 0 Å². The topological polar surface area (TPSA) is 0 Å². The van der Waals surface area contributed by atoms with Gasteiger partial charge < -0.3 is 0 Å². The Morgan fingerprint density at radius 3 is 0.733 bits per heavy atom. The van der Waals surface area contributed by atoms with E-state index in [1.807, 2.05) is 72.8 Å². The third kappa shape index (κ3) is 6.60. The molecule has 0 saturated heterocycles. The van der Waals surface area contributed by atoms with E-state index in [2.05, 4.69) is 91.1 Å². The van der Waals surface area contributed by atoms with E-state index in [1.165, 1.54) is 32.3 Å². The number of benzene rings is 7. The average Bonchev–Trinajstić information content (AvgIpc) is 3.07. The monoisotopic (exact) mass is 636 g/mol. The molecule has 216 valence electrons. The first-order chi connectivity index (χ1) is 22.0. The summed E-state index contributed by atoms with van der Waals surface area (Å²) in [4.78, 5) is 0. The second kappa shape index (κ2) is 12.8. The van der Waals surface area contributed by atoms with E-state index in [9.17, 15) is 0 Å². The average molecular weight is 638 g/mol. The van der Waals surface area contributed by atoms with Gasteiger partial charge >= 0.3 is 0 Å². The Labute approximate surface area is 278 Å². The van der Waals surface area contributed by atoms with Crippen LogP contribution in [0, 0.1) is 0 Å². The summed E-state index contributed by atoms with van der Waals surface area (Å²) < 4.78 is 0. The maximum absolute atomic E-state index is 6.09. The first-order valence-electron chi connectivity index (χ1n) is 14.7. The summed E-state index contributed by atoms with van der Waals surface area (Å²) in [5.74, 6) is 0. The zero-order valence-corrected chi connectivity index (χ0v) is 26.5. The molecule has 0 atom stereocenters. The van der Waals surface area contributed by atoms with Crippen LogP contribution in [0.3, 0.4) is 0 Å². The molecule has 0 amide bonds. The lowest BCUT2D eigenvalue weighted by Crippen LogP contribution is -1.87. The second-order valence-electron chi connectivity index (χ2n) is 11.1. The summed E-state index contributed by atoms with van der Waals surface area (Å²) in [5.41, 5.74) is 6.75. The molecule has 7 aromatic carbocycles. The molecule has 0 N–H and O–H groups in total. The minimum atomic E-state index is 0.737. The van der Waals surface area contributed by atoms with Crippen molar-refractivity contribution in [2.75, 3.05) is 0 Å². The highest BCUT2D eigenvalue weighted by molar-refractivity contribution is 6.31. The van der Waals surface area contributed by atoms with Crippen molar-refractivity contribution in [1.82, 2.24) is 0 Å². The highest BCUT2D eigenvalue weighted by Gasteiger charge is 2.10. The van der Waals surface area contributed by atoms with E-state index in [4.69, 9.17) is 34.8 Å². The molecule has 0 aliphatic rings. The standard InChI is InChI=1S/C42H27Cl3/c43-34-16-7-28(8-17-34)1-4-31-13-22-37-40(25-31)38-23-14-32(5-2-29-9-18-35(44)19-10-29)27-42(38)39-24-15-33(26-41(37)39)6-3-30-11-20-36(45)21-12-30/h1-27H/b4-1+,5-2+,6-3+. The lowest BCUT2D eigenvalue weighted by Gasteiger charge is -2.13. The van der Waals surface area contributed by atoms with Crippen LogP contribution >= 0.6 is 34.8 Å². The fraction of sp³-hybridized carbons (Fsp3) is 0. The van der Waals surface area contributed by atoms with Gasteiger partial charge in [0.1, 0.15) is 0 Å². The minimum Gasteiger partial charge on any atom is -0.0843 e. The molecule has 0 heterocycles. The van der Waals surface area contributed by atoms with Gasteiger partial charge in [-0.25, -0.2) is 0 Å². The smallest absolute Gasteiger partial charge is 0.0406 e. The van der Waals surface area contributed by atoms with Crippen molar-refractivity contribution >= 4 is 104 Å². The van der Waals surface area contributed by atoms with Crippen LogP contribution in [-0.4, -0.2) is 0 Å². The molecule has 3 heteroatoms. The van der Waals surface area contributed by atoms with Crippen LogP contribution in [0.15, 0.2) is 127 Å². The van der Waals surface area contributed by atoms with Crippen LogP contribution in [0.1, 0.15) is 33.4 Å². The Balaban J connectivity index is 1.36. The van der Waals surface area contributed by atoms with Crippen molar-refractivity contribution in [3.05, 3.63) is 176 Å². The third-order valence-electron chi connectivity index (χ3n) is 8.02. The van der Waals surface area contributed by atoms with Gasteiger partial charge in [0.25, 0.3) is 0 Å².